The summed E-state index contributed by atoms with van der Waals surface area (Å²) in [6.45, 7) is 7.11. The third-order valence-electron chi connectivity index (χ3n) is 5.78. The number of nitrogens with one attached hydrogen (secondary N) is 1. The summed E-state index contributed by atoms with van der Waals surface area (Å²) in [6.07, 6.45) is 2.62. The molecule has 2 amide bonds. The number of nitrogens with zero attached hydrogens (tertiary/aromatic N) is 2. The van der Waals surface area contributed by atoms with Gasteiger partial charge in [-0.05, 0) is 56.0 Å². The lowest BCUT2D eigenvalue weighted by atomic mass is 10.1. The van der Waals surface area contributed by atoms with Gasteiger partial charge in [-0.3, -0.25) is 13.9 Å². The number of carbonyl (C=O) groups is 2. The van der Waals surface area contributed by atoms with Crippen molar-refractivity contribution in [2.45, 2.75) is 59.2 Å². The van der Waals surface area contributed by atoms with E-state index < -0.39 is 28.5 Å². The quantitative estimate of drug-likeness (QED) is 0.498. The molecule has 0 heterocycles. The number of hydrogen-bond donors (Lipinski definition) is 1. The van der Waals surface area contributed by atoms with E-state index in [9.17, 15) is 18.0 Å². The predicted molar refractivity (Wildman–Crippen MR) is 137 cm³/mol. The van der Waals surface area contributed by atoms with Crippen molar-refractivity contribution < 1.29 is 18.0 Å². The summed E-state index contributed by atoms with van der Waals surface area (Å²) >= 11 is 6.32. The van der Waals surface area contributed by atoms with Crippen molar-refractivity contribution in [1.29, 1.82) is 0 Å². The summed E-state index contributed by atoms with van der Waals surface area (Å²) in [4.78, 5) is 27.8. The predicted octanol–water partition coefficient (Wildman–Crippen LogP) is 4.00. The fraction of sp³-hybridized carbons (Fsp3) is 0.440. The Morgan fingerprint density at radius 3 is 2.18 bits per heavy atom. The molecule has 0 aliphatic carbocycles. The first-order valence-electron chi connectivity index (χ1n) is 11.4. The molecule has 0 saturated carbocycles. The van der Waals surface area contributed by atoms with E-state index >= 15 is 0 Å². The van der Waals surface area contributed by atoms with Crippen LogP contribution in [0.2, 0.25) is 5.02 Å². The molecule has 0 saturated heterocycles. The van der Waals surface area contributed by atoms with Gasteiger partial charge in [0.15, 0.2) is 0 Å². The minimum Gasteiger partial charge on any atom is -0.352 e. The van der Waals surface area contributed by atoms with Crippen LogP contribution in [-0.2, 0) is 32.6 Å². The Morgan fingerprint density at radius 2 is 1.65 bits per heavy atom. The summed E-state index contributed by atoms with van der Waals surface area (Å²) in [6, 6.07) is 13.2. The second-order valence-electron chi connectivity index (χ2n) is 8.40. The molecule has 1 N–H and O–H groups in total. The number of hydrogen-bond acceptors (Lipinski definition) is 4. The molecule has 2 rings (SSSR count). The maximum Gasteiger partial charge on any atom is 0.244 e. The summed E-state index contributed by atoms with van der Waals surface area (Å²) in [5.41, 5.74) is 2.11. The molecule has 0 bridgehead atoms. The van der Waals surface area contributed by atoms with Gasteiger partial charge in [0.1, 0.15) is 12.6 Å². The van der Waals surface area contributed by atoms with Crippen LogP contribution < -0.4 is 9.62 Å². The van der Waals surface area contributed by atoms with Gasteiger partial charge < -0.3 is 10.2 Å². The number of sulfonamides is 1. The lowest BCUT2D eigenvalue weighted by Gasteiger charge is -2.32. The van der Waals surface area contributed by atoms with Crippen LogP contribution in [0.4, 0.5) is 5.69 Å². The van der Waals surface area contributed by atoms with Crippen molar-refractivity contribution in [3.05, 3.63) is 64.7 Å². The van der Waals surface area contributed by atoms with Crippen molar-refractivity contribution in [1.82, 2.24) is 10.2 Å². The molecule has 0 aromatic heterocycles. The Hall–Kier alpha value is -2.58. The molecule has 0 aliphatic heterocycles. The van der Waals surface area contributed by atoms with E-state index in [1.807, 2.05) is 32.9 Å². The Balaban J connectivity index is 2.39. The van der Waals surface area contributed by atoms with E-state index in [0.717, 1.165) is 29.0 Å². The van der Waals surface area contributed by atoms with Crippen molar-refractivity contribution >= 4 is 39.1 Å². The molecule has 7 nitrogen and oxygen atoms in total. The number of amides is 2. The molecule has 2 atom stereocenters. The van der Waals surface area contributed by atoms with Gasteiger partial charge in [0.2, 0.25) is 21.8 Å². The third kappa shape index (κ3) is 7.46. The van der Waals surface area contributed by atoms with Crippen molar-refractivity contribution in [3.8, 4) is 0 Å². The lowest BCUT2D eigenvalue weighted by Crippen LogP contribution is -2.52. The highest BCUT2D eigenvalue weighted by molar-refractivity contribution is 7.92. The monoisotopic (exact) mass is 507 g/mol. The zero-order chi connectivity index (χ0) is 25.5. The SMILES string of the molecule is CCc1ccc(N(CC(=O)N(Cc2ccccc2Cl)C(C)C(=O)NC(C)CC)S(C)(=O)=O)cc1. The highest BCUT2D eigenvalue weighted by Crippen LogP contribution is 2.22. The third-order valence-corrected chi connectivity index (χ3v) is 7.29. The summed E-state index contributed by atoms with van der Waals surface area (Å²) in [5, 5.41) is 3.36. The molecule has 34 heavy (non-hydrogen) atoms. The van der Waals surface area contributed by atoms with E-state index in [1.54, 1.807) is 43.3 Å². The number of benzene rings is 2. The van der Waals surface area contributed by atoms with E-state index in [2.05, 4.69) is 5.32 Å². The first-order chi connectivity index (χ1) is 16.0. The average Bonchev–Trinajstić information content (AvgIpc) is 2.80. The molecular weight excluding hydrogens is 474 g/mol. The Morgan fingerprint density at radius 1 is 1.03 bits per heavy atom. The van der Waals surface area contributed by atoms with Crippen LogP contribution >= 0.6 is 11.6 Å². The normalized spacial score (nSPS) is 13.1. The molecule has 0 fully saturated rings. The Kier molecular flexibility index (Phi) is 9.94. The zero-order valence-corrected chi connectivity index (χ0v) is 22.0. The summed E-state index contributed by atoms with van der Waals surface area (Å²) in [5.74, 6) is -0.815. The van der Waals surface area contributed by atoms with Crippen LogP contribution in [0.3, 0.4) is 0 Å². The molecule has 2 aromatic carbocycles. The summed E-state index contributed by atoms with van der Waals surface area (Å²) < 4.78 is 26.3. The average molecular weight is 508 g/mol. The highest BCUT2D eigenvalue weighted by atomic mass is 35.5. The molecule has 0 radical (unpaired) electrons. The van der Waals surface area contributed by atoms with Crippen LogP contribution in [0.5, 0.6) is 0 Å². The van der Waals surface area contributed by atoms with Crippen LogP contribution in [0.25, 0.3) is 0 Å². The number of carbonyl (C=O) groups excluding carboxylic acids is 2. The standard InChI is InChI=1S/C25H34ClN3O4S/c1-6-18(3)27-25(31)19(4)28(16-21-10-8-9-11-23(21)26)24(30)17-29(34(5,32)33)22-14-12-20(7-2)13-15-22/h8-15,18-19H,6-7,16-17H2,1-5H3,(H,27,31). The highest BCUT2D eigenvalue weighted by Gasteiger charge is 2.30. The molecule has 2 unspecified atom stereocenters. The smallest absolute Gasteiger partial charge is 0.244 e. The first kappa shape index (κ1) is 27.7. The maximum absolute atomic E-state index is 13.5. The molecule has 9 heteroatoms. The molecule has 2 aromatic rings. The van der Waals surface area contributed by atoms with Gasteiger partial charge in [-0.25, -0.2) is 8.42 Å². The molecule has 186 valence electrons. The van der Waals surface area contributed by atoms with Crippen LogP contribution in [-0.4, -0.2) is 50.0 Å². The second-order valence-corrected chi connectivity index (χ2v) is 10.7. The number of aryl methyl sites for hydroxylation is 1. The molecule has 0 spiro atoms. The van der Waals surface area contributed by atoms with Gasteiger partial charge in [-0.15, -0.1) is 0 Å². The Bertz CT molecular complexity index is 1090. The van der Waals surface area contributed by atoms with E-state index in [0.29, 0.717) is 16.3 Å². The minimum absolute atomic E-state index is 0.0585. The van der Waals surface area contributed by atoms with Crippen LogP contribution in [0, 0.1) is 0 Å². The van der Waals surface area contributed by atoms with Gasteiger partial charge in [-0.1, -0.05) is 55.8 Å². The van der Waals surface area contributed by atoms with E-state index in [1.165, 1.54) is 4.90 Å². The largest absolute Gasteiger partial charge is 0.352 e. The maximum atomic E-state index is 13.5. The fourth-order valence-electron chi connectivity index (χ4n) is 3.37. The topological polar surface area (TPSA) is 86.8 Å². The number of anilines is 1. The van der Waals surface area contributed by atoms with Crippen LogP contribution in [0.15, 0.2) is 48.5 Å². The fourth-order valence-corrected chi connectivity index (χ4v) is 4.42. The minimum atomic E-state index is -3.76. The molecule has 0 aliphatic rings. The van der Waals surface area contributed by atoms with Crippen LogP contribution in [0.1, 0.15) is 45.2 Å². The van der Waals surface area contributed by atoms with Gasteiger partial charge in [-0.2, -0.15) is 0 Å². The van der Waals surface area contributed by atoms with Crippen molar-refractivity contribution in [2.24, 2.45) is 0 Å². The zero-order valence-electron chi connectivity index (χ0n) is 20.4. The number of halogens is 1. The summed E-state index contributed by atoms with van der Waals surface area (Å²) in [7, 11) is -3.76. The first-order valence-corrected chi connectivity index (χ1v) is 13.6. The second kappa shape index (κ2) is 12.2. The number of rotatable bonds is 11. The van der Waals surface area contributed by atoms with Gasteiger partial charge in [0.05, 0.1) is 11.9 Å². The lowest BCUT2D eigenvalue weighted by molar-refractivity contribution is -0.139. The Labute approximate surface area is 208 Å². The molecular formula is C25H34ClN3O4S. The van der Waals surface area contributed by atoms with Gasteiger partial charge in [0, 0.05) is 17.6 Å². The van der Waals surface area contributed by atoms with E-state index in [-0.39, 0.29) is 18.5 Å². The van der Waals surface area contributed by atoms with Gasteiger partial charge >= 0.3 is 0 Å². The van der Waals surface area contributed by atoms with Gasteiger partial charge in [0.25, 0.3) is 0 Å². The van der Waals surface area contributed by atoms with Crippen molar-refractivity contribution in [2.75, 3.05) is 17.1 Å². The van der Waals surface area contributed by atoms with E-state index in [4.69, 9.17) is 11.6 Å². The van der Waals surface area contributed by atoms with Crippen molar-refractivity contribution in [3.63, 3.8) is 0 Å².